The number of amides is 2. The SMILES string of the molecule is CC(=O)NC(CSc1cccc(C(F)(F)F)c1)C(=O)NCc1ccc(C)cc1. The molecule has 1 unspecified atom stereocenters. The first-order valence-corrected chi connectivity index (χ1v) is 9.54. The van der Waals surface area contributed by atoms with Gasteiger partial charge in [-0.25, -0.2) is 0 Å². The lowest BCUT2D eigenvalue weighted by molar-refractivity contribution is -0.137. The molecule has 2 rings (SSSR count). The third-order valence-corrected chi connectivity index (χ3v) is 4.95. The summed E-state index contributed by atoms with van der Waals surface area (Å²) in [4.78, 5) is 24.2. The first-order chi connectivity index (χ1) is 13.1. The van der Waals surface area contributed by atoms with Gasteiger partial charge in [-0.2, -0.15) is 13.2 Å². The van der Waals surface area contributed by atoms with Crippen LogP contribution in [0.4, 0.5) is 13.2 Å². The maximum atomic E-state index is 12.8. The molecule has 0 aromatic heterocycles. The lowest BCUT2D eigenvalue weighted by Crippen LogP contribution is -2.47. The van der Waals surface area contributed by atoms with Crippen LogP contribution in [-0.4, -0.2) is 23.6 Å². The summed E-state index contributed by atoms with van der Waals surface area (Å²) in [6.07, 6.45) is -4.43. The number of carbonyl (C=O) groups is 2. The first-order valence-electron chi connectivity index (χ1n) is 8.55. The third kappa shape index (κ3) is 6.92. The highest BCUT2D eigenvalue weighted by atomic mass is 32.2. The summed E-state index contributed by atoms with van der Waals surface area (Å²) in [6, 6.07) is 11.6. The van der Waals surface area contributed by atoms with Crippen LogP contribution in [0.5, 0.6) is 0 Å². The number of nitrogens with one attached hydrogen (secondary N) is 2. The Labute approximate surface area is 165 Å². The van der Waals surface area contributed by atoms with Crippen molar-refractivity contribution >= 4 is 23.6 Å². The Morgan fingerprint density at radius 3 is 2.39 bits per heavy atom. The molecule has 4 nitrogen and oxygen atoms in total. The van der Waals surface area contributed by atoms with Gasteiger partial charge in [0.15, 0.2) is 0 Å². The molecule has 0 spiro atoms. The van der Waals surface area contributed by atoms with E-state index in [1.54, 1.807) is 0 Å². The molecule has 0 aliphatic rings. The summed E-state index contributed by atoms with van der Waals surface area (Å²) in [5.74, 6) is -0.670. The Morgan fingerprint density at radius 2 is 1.79 bits per heavy atom. The van der Waals surface area contributed by atoms with Gasteiger partial charge in [-0.3, -0.25) is 9.59 Å². The summed E-state index contributed by atoms with van der Waals surface area (Å²) < 4.78 is 38.5. The number of carbonyl (C=O) groups excluding carboxylic acids is 2. The van der Waals surface area contributed by atoms with Gasteiger partial charge in [0.2, 0.25) is 11.8 Å². The predicted octanol–water partition coefficient (Wildman–Crippen LogP) is 3.93. The van der Waals surface area contributed by atoms with Crippen molar-refractivity contribution in [2.24, 2.45) is 0 Å². The van der Waals surface area contributed by atoms with Gasteiger partial charge in [0.25, 0.3) is 0 Å². The lowest BCUT2D eigenvalue weighted by Gasteiger charge is -2.18. The molecule has 8 heteroatoms. The second kappa shape index (κ2) is 9.64. The largest absolute Gasteiger partial charge is 0.416 e. The molecule has 2 N–H and O–H groups in total. The van der Waals surface area contributed by atoms with E-state index in [-0.39, 0.29) is 11.7 Å². The highest BCUT2D eigenvalue weighted by Gasteiger charge is 2.30. The van der Waals surface area contributed by atoms with Crippen LogP contribution < -0.4 is 10.6 Å². The van der Waals surface area contributed by atoms with Gasteiger partial charge in [0, 0.05) is 24.1 Å². The van der Waals surface area contributed by atoms with Crippen molar-refractivity contribution in [3.63, 3.8) is 0 Å². The molecule has 0 radical (unpaired) electrons. The molecule has 150 valence electrons. The summed E-state index contributed by atoms with van der Waals surface area (Å²) >= 11 is 1.08. The van der Waals surface area contributed by atoms with Crippen LogP contribution in [-0.2, 0) is 22.3 Å². The molecule has 2 amide bonds. The van der Waals surface area contributed by atoms with E-state index in [2.05, 4.69) is 10.6 Å². The van der Waals surface area contributed by atoms with Gasteiger partial charge < -0.3 is 10.6 Å². The molecular formula is C20H21F3N2O2S. The van der Waals surface area contributed by atoms with Crippen molar-refractivity contribution in [1.29, 1.82) is 0 Å². The second-order valence-corrected chi connectivity index (χ2v) is 7.39. The number of benzene rings is 2. The number of thioether (sulfide) groups is 1. The molecule has 0 saturated carbocycles. The predicted molar refractivity (Wildman–Crippen MR) is 103 cm³/mol. The second-order valence-electron chi connectivity index (χ2n) is 6.29. The average Bonchev–Trinajstić information content (AvgIpc) is 2.63. The molecular weight excluding hydrogens is 389 g/mol. The van der Waals surface area contributed by atoms with E-state index in [1.165, 1.54) is 19.1 Å². The van der Waals surface area contributed by atoms with Crippen molar-refractivity contribution in [2.75, 3.05) is 5.75 Å². The average molecular weight is 410 g/mol. The molecule has 0 aliphatic carbocycles. The van der Waals surface area contributed by atoms with Crippen LogP contribution in [0.25, 0.3) is 0 Å². The summed E-state index contributed by atoms with van der Waals surface area (Å²) in [7, 11) is 0. The fourth-order valence-electron chi connectivity index (χ4n) is 2.39. The highest BCUT2D eigenvalue weighted by molar-refractivity contribution is 7.99. The minimum absolute atomic E-state index is 0.112. The van der Waals surface area contributed by atoms with Crippen LogP contribution in [0.1, 0.15) is 23.6 Å². The van der Waals surface area contributed by atoms with E-state index >= 15 is 0 Å². The van der Waals surface area contributed by atoms with E-state index in [1.807, 2.05) is 31.2 Å². The molecule has 1 atom stereocenters. The van der Waals surface area contributed by atoms with E-state index in [0.29, 0.717) is 11.4 Å². The number of aryl methyl sites for hydroxylation is 1. The van der Waals surface area contributed by atoms with Gasteiger partial charge in [-0.1, -0.05) is 35.9 Å². The van der Waals surface area contributed by atoms with Crippen molar-refractivity contribution in [2.45, 2.75) is 37.5 Å². The Hall–Kier alpha value is -2.48. The molecule has 0 saturated heterocycles. The quantitative estimate of drug-likeness (QED) is 0.680. The van der Waals surface area contributed by atoms with E-state index in [9.17, 15) is 22.8 Å². The fraction of sp³-hybridized carbons (Fsp3) is 0.300. The Bertz CT molecular complexity index is 823. The number of hydrogen-bond acceptors (Lipinski definition) is 3. The summed E-state index contributed by atoms with van der Waals surface area (Å²) in [6.45, 7) is 3.54. The standard InChI is InChI=1S/C20H21F3N2O2S/c1-13-6-8-15(9-7-13)11-24-19(27)18(25-14(2)26)12-28-17-5-3-4-16(10-17)20(21,22)23/h3-10,18H,11-12H2,1-2H3,(H,24,27)(H,25,26). The van der Waals surface area contributed by atoms with Gasteiger partial charge in [0.05, 0.1) is 5.56 Å². The van der Waals surface area contributed by atoms with Crippen LogP contribution in [0.15, 0.2) is 53.4 Å². The Morgan fingerprint density at radius 1 is 1.11 bits per heavy atom. The van der Waals surface area contributed by atoms with Crippen molar-refractivity contribution in [1.82, 2.24) is 10.6 Å². The van der Waals surface area contributed by atoms with Crippen molar-refractivity contribution < 1.29 is 22.8 Å². The maximum absolute atomic E-state index is 12.8. The monoisotopic (exact) mass is 410 g/mol. The lowest BCUT2D eigenvalue weighted by atomic mass is 10.1. The van der Waals surface area contributed by atoms with Crippen molar-refractivity contribution in [3.8, 4) is 0 Å². The number of halogens is 3. The molecule has 0 bridgehead atoms. The van der Waals surface area contributed by atoms with Crippen LogP contribution in [0.3, 0.4) is 0 Å². The highest BCUT2D eigenvalue weighted by Crippen LogP contribution is 2.32. The normalized spacial score (nSPS) is 12.3. The Kier molecular flexibility index (Phi) is 7.51. The smallest absolute Gasteiger partial charge is 0.350 e. The fourth-order valence-corrected chi connectivity index (χ4v) is 3.37. The van der Waals surface area contributed by atoms with Gasteiger partial charge in [-0.15, -0.1) is 11.8 Å². The number of hydrogen-bond donors (Lipinski definition) is 2. The molecule has 0 heterocycles. The van der Waals surface area contributed by atoms with E-state index in [4.69, 9.17) is 0 Å². The zero-order chi connectivity index (χ0) is 20.7. The first kappa shape index (κ1) is 21.8. The van der Waals surface area contributed by atoms with Crippen LogP contribution in [0, 0.1) is 6.92 Å². The topological polar surface area (TPSA) is 58.2 Å². The van der Waals surface area contributed by atoms with Crippen LogP contribution >= 0.6 is 11.8 Å². The number of alkyl halides is 3. The Balaban J connectivity index is 1.99. The molecule has 0 aliphatic heterocycles. The van der Waals surface area contributed by atoms with Crippen molar-refractivity contribution in [3.05, 3.63) is 65.2 Å². The molecule has 28 heavy (non-hydrogen) atoms. The molecule has 2 aromatic rings. The van der Waals surface area contributed by atoms with E-state index < -0.39 is 23.7 Å². The van der Waals surface area contributed by atoms with Gasteiger partial charge >= 0.3 is 6.18 Å². The van der Waals surface area contributed by atoms with Gasteiger partial charge in [0.1, 0.15) is 6.04 Å². The minimum atomic E-state index is -4.43. The summed E-state index contributed by atoms with van der Waals surface area (Å²) in [5, 5.41) is 5.29. The maximum Gasteiger partial charge on any atom is 0.416 e. The summed E-state index contributed by atoms with van der Waals surface area (Å²) in [5.41, 5.74) is 1.26. The zero-order valence-electron chi connectivity index (χ0n) is 15.5. The van der Waals surface area contributed by atoms with E-state index in [0.717, 1.165) is 35.0 Å². The number of rotatable bonds is 7. The van der Waals surface area contributed by atoms with Crippen LogP contribution in [0.2, 0.25) is 0 Å². The minimum Gasteiger partial charge on any atom is -0.350 e. The molecule has 2 aromatic carbocycles. The molecule has 0 fully saturated rings. The zero-order valence-corrected chi connectivity index (χ0v) is 16.3. The van der Waals surface area contributed by atoms with Gasteiger partial charge in [-0.05, 0) is 30.7 Å². The third-order valence-electron chi connectivity index (χ3n) is 3.86.